The van der Waals surface area contributed by atoms with E-state index in [2.05, 4.69) is 5.32 Å². The molecule has 209 valence electrons. The summed E-state index contributed by atoms with van der Waals surface area (Å²) in [4.78, 5) is 39.1. The second-order valence-corrected chi connectivity index (χ2v) is 11.1. The van der Waals surface area contributed by atoms with Crippen LogP contribution in [0.4, 0.5) is 5.69 Å². The van der Waals surface area contributed by atoms with Gasteiger partial charge in [0, 0.05) is 91.9 Å². The van der Waals surface area contributed by atoms with Gasteiger partial charge in [-0.05, 0) is 61.6 Å². The van der Waals surface area contributed by atoms with Crippen molar-refractivity contribution in [2.45, 2.75) is 65.6 Å². The molecule has 1 aliphatic heterocycles. The second kappa shape index (κ2) is 14.9. The Morgan fingerprint density at radius 1 is 1.13 bits per heavy atom. The zero-order valence-electron chi connectivity index (χ0n) is 23.0. The maximum absolute atomic E-state index is 13.9. The van der Waals surface area contributed by atoms with Crippen molar-refractivity contribution >= 4 is 35.1 Å². The first kappa shape index (κ1) is 33.7. The van der Waals surface area contributed by atoms with Crippen LogP contribution in [0.15, 0.2) is 36.4 Å². The maximum Gasteiger partial charge on any atom is 0.303 e. The number of halogens is 1. The SMILES string of the molecule is Cc1cccc([C@H]2O[C@H](CC(=O)NCCCCC(=O)O)C(=O)N(CC(C)(C)CO)c3ccc(Cl)cc32)c1C.[Ac]. The number of nitrogens with zero attached hydrogens (tertiary/aromatic N) is 1. The molecule has 8 nitrogen and oxygen atoms in total. The molecule has 1 radical (unpaired) electrons. The Morgan fingerprint density at radius 3 is 2.51 bits per heavy atom. The molecular formula is C29H37AcClN2O6. The standard InChI is InChI=1S/C29H37ClN2O6.Ac/c1-18-8-7-9-21(19(18)2)27-22-14-20(30)11-12-23(22)32(16-29(3,4)17-33)28(37)24(38-27)15-25(34)31-13-6-5-10-26(35)36;/h7-9,11-12,14,24,27,33H,5-6,10,13,15-17H2,1-4H3,(H,31,34)(H,35,36);/t24-,27-;/m1./s1. The van der Waals surface area contributed by atoms with Crippen molar-refractivity contribution in [1.82, 2.24) is 5.32 Å². The van der Waals surface area contributed by atoms with Gasteiger partial charge in [0.2, 0.25) is 5.91 Å². The number of hydrogen-bond acceptors (Lipinski definition) is 5. The zero-order chi connectivity index (χ0) is 28.0. The molecule has 0 unspecified atom stereocenters. The van der Waals surface area contributed by atoms with Crippen molar-refractivity contribution in [2.75, 3.05) is 24.6 Å². The van der Waals surface area contributed by atoms with Crippen LogP contribution in [0.5, 0.6) is 0 Å². The fourth-order valence-corrected chi connectivity index (χ4v) is 4.69. The summed E-state index contributed by atoms with van der Waals surface area (Å²) in [5, 5.41) is 22.0. The Hall–Kier alpha value is -1.50. The van der Waals surface area contributed by atoms with E-state index in [1.165, 1.54) is 0 Å². The molecule has 3 N–H and O–H groups in total. The van der Waals surface area contributed by atoms with E-state index in [0.29, 0.717) is 35.7 Å². The number of carbonyl (C=O) groups excluding carboxylic acids is 2. The van der Waals surface area contributed by atoms with Crippen molar-refractivity contribution in [3.63, 3.8) is 0 Å². The van der Waals surface area contributed by atoms with Gasteiger partial charge in [-0.1, -0.05) is 43.6 Å². The molecule has 2 amide bonds. The van der Waals surface area contributed by atoms with E-state index in [0.717, 1.165) is 16.7 Å². The van der Waals surface area contributed by atoms with Crippen LogP contribution in [0.1, 0.15) is 67.9 Å². The second-order valence-electron chi connectivity index (χ2n) is 10.6. The molecular weight excluding hydrogens is 735 g/mol. The molecule has 1 heterocycles. The van der Waals surface area contributed by atoms with Crippen LogP contribution in [0, 0.1) is 63.3 Å². The van der Waals surface area contributed by atoms with Gasteiger partial charge in [-0.25, -0.2) is 0 Å². The van der Waals surface area contributed by atoms with Crippen molar-refractivity contribution in [3.05, 3.63) is 63.7 Å². The molecule has 0 spiro atoms. The molecule has 0 saturated heterocycles. The van der Waals surface area contributed by atoms with Crippen molar-refractivity contribution in [2.24, 2.45) is 5.41 Å². The van der Waals surface area contributed by atoms with Crippen LogP contribution in [-0.2, 0) is 19.1 Å². The predicted molar refractivity (Wildman–Crippen MR) is 146 cm³/mol. The quantitative estimate of drug-likeness (QED) is 0.289. The molecule has 10 heteroatoms. The summed E-state index contributed by atoms with van der Waals surface area (Å²) in [5.74, 6) is -1.61. The Kier molecular flexibility index (Phi) is 12.9. The minimum Gasteiger partial charge on any atom is -0.481 e. The Bertz CT molecular complexity index is 1190. The van der Waals surface area contributed by atoms with Gasteiger partial charge in [0.05, 0.1) is 6.42 Å². The van der Waals surface area contributed by atoms with E-state index in [1.54, 1.807) is 23.1 Å². The van der Waals surface area contributed by atoms with E-state index >= 15 is 0 Å². The number of benzene rings is 2. The summed E-state index contributed by atoms with van der Waals surface area (Å²) < 4.78 is 6.48. The summed E-state index contributed by atoms with van der Waals surface area (Å²) in [6.45, 7) is 8.12. The molecule has 0 saturated carbocycles. The zero-order valence-corrected chi connectivity index (χ0v) is 28.5. The molecule has 0 bridgehead atoms. The van der Waals surface area contributed by atoms with Crippen molar-refractivity contribution in [1.29, 1.82) is 0 Å². The van der Waals surface area contributed by atoms with Gasteiger partial charge >= 0.3 is 5.97 Å². The molecule has 2 atom stereocenters. The van der Waals surface area contributed by atoms with Crippen LogP contribution in [0.25, 0.3) is 0 Å². The van der Waals surface area contributed by atoms with Gasteiger partial charge in [-0.2, -0.15) is 0 Å². The number of carboxylic acid groups (broad SMARTS) is 1. The molecule has 3 rings (SSSR count). The van der Waals surface area contributed by atoms with Gasteiger partial charge in [-0.3, -0.25) is 14.4 Å². The number of aliphatic hydroxyl groups is 1. The van der Waals surface area contributed by atoms with Gasteiger partial charge in [0.25, 0.3) is 5.91 Å². The van der Waals surface area contributed by atoms with Crippen LogP contribution >= 0.6 is 11.6 Å². The number of anilines is 1. The number of aryl methyl sites for hydroxylation is 1. The minimum absolute atomic E-state index is 0. The molecule has 1 aliphatic rings. The first-order chi connectivity index (χ1) is 17.9. The molecule has 0 aliphatic carbocycles. The topological polar surface area (TPSA) is 116 Å². The Balaban J connectivity index is 0.00000533. The van der Waals surface area contributed by atoms with Gasteiger partial charge in [0.1, 0.15) is 12.2 Å². The average Bonchev–Trinajstić information content (AvgIpc) is 2.95. The normalized spacial score (nSPS) is 17.2. The summed E-state index contributed by atoms with van der Waals surface area (Å²) in [7, 11) is 0. The first-order valence-corrected chi connectivity index (χ1v) is 13.2. The van der Waals surface area contributed by atoms with Gasteiger partial charge in [-0.15, -0.1) is 0 Å². The number of unbranched alkanes of at least 4 members (excludes halogenated alkanes) is 1. The third-order valence-electron chi connectivity index (χ3n) is 6.86. The van der Waals surface area contributed by atoms with E-state index in [9.17, 15) is 19.5 Å². The van der Waals surface area contributed by atoms with E-state index in [1.807, 2.05) is 45.9 Å². The molecule has 0 fully saturated rings. The number of aliphatic carboxylic acids is 1. The van der Waals surface area contributed by atoms with Gasteiger partial charge in [0.15, 0.2) is 0 Å². The Morgan fingerprint density at radius 2 is 1.85 bits per heavy atom. The molecule has 2 aromatic rings. The van der Waals surface area contributed by atoms with Crippen LogP contribution in [0.2, 0.25) is 5.02 Å². The number of carboxylic acids is 1. The molecule has 0 aromatic heterocycles. The summed E-state index contributed by atoms with van der Waals surface area (Å²) in [5.41, 5.74) is 3.69. The number of fused-ring (bicyclic) bond motifs is 1. The number of carbonyl (C=O) groups is 3. The predicted octanol–water partition coefficient (Wildman–Crippen LogP) is 4.56. The fourth-order valence-electron chi connectivity index (χ4n) is 4.51. The maximum atomic E-state index is 13.9. The van der Waals surface area contributed by atoms with E-state index < -0.39 is 23.6 Å². The van der Waals surface area contributed by atoms with E-state index in [-0.39, 0.29) is 81.9 Å². The van der Waals surface area contributed by atoms with Crippen LogP contribution in [-0.4, -0.2) is 53.8 Å². The third kappa shape index (κ3) is 8.99. The monoisotopic (exact) mass is 771 g/mol. The number of nitrogens with one attached hydrogen (secondary N) is 1. The summed E-state index contributed by atoms with van der Waals surface area (Å²) >= 11 is 6.42. The number of aliphatic hydroxyl groups excluding tert-OH is 1. The van der Waals surface area contributed by atoms with Gasteiger partial charge < -0.3 is 25.2 Å². The van der Waals surface area contributed by atoms with Crippen LogP contribution in [0.3, 0.4) is 0 Å². The third-order valence-corrected chi connectivity index (χ3v) is 7.09. The van der Waals surface area contributed by atoms with Crippen molar-refractivity contribution in [3.8, 4) is 0 Å². The summed E-state index contributed by atoms with van der Waals surface area (Å²) in [6, 6.07) is 11.2. The number of hydrogen-bond donors (Lipinski definition) is 3. The van der Waals surface area contributed by atoms with E-state index in [4.69, 9.17) is 21.4 Å². The largest absolute Gasteiger partial charge is 0.481 e. The average molecular weight is 772 g/mol. The number of rotatable bonds is 11. The molecule has 39 heavy (non-hydrogen) atoms. The smallest absolute Gasteiger partial charge is 0.303 e. The molecule has 2 aromatic carbocycles. The minimum atomic E-state index is -1.08. The number of ether oxygens (including phenoxy) is 1. The first-order valence-electron chi connectivity index (χ1n) is 12.9. The van der Waals surface area contributed by atoms with Crippen molar-refractivity contribution < 1.29 is 73.4 Å². The summed E-state index contributed by atoms with van der Waals surface area (Å²) in [6.07, 6.45) is -0.930. The number of amides is 2. The van der Waals surface area contributed by atoms with Crippen LogP contribution < -0.4 is 10.2 Å². The Labute approximate surface area is 271 Å². The fraction of sp³-hybridized carbons (Fsp3) is 0.483.